The van der Waals surface area contributed by atoms with Crippen LogP contribution in [0.1, 0.15) is 37.6 Å². The topological polar surface area (TPSA) is 42.7 Å². The van der Waals surface area contributed by atoms with Crippen molar-refractivity contribution < 1.29 is 4.39 Å². The van der Waals surface area contributed by atoms with Gasteiger partial charge in [0.1, 0.15) is 5.82 Å². The van der Waals surface area contributed by atoms with E-state index in [1.165, 1.54) is 12.1 Å². The zero-order valence-electron chi connectivity index (χ0n) is 11.3. The van der Waals surface area contributed by atoms with E-state index in [0.717, 1.165) is 30.8 Å². The van der Waals surface area contributed by atoms with Crippen molar-refractivity contribution in [2.75, 3.05) is 6.54 Å². The molecular weight excluding hydrogens is 243 g/mol. The second-order valence-corrected chi connectivity index (χ2v) is 4.42. The van der Waals surface area contributed by atoms with Crippen LogP contribution in [0.5, 0.6) is 0 Å². The fraction of sp³-hybridized carbons (Fsp3) is 0.429. The number of aryl methyl sites for hydroxylation is 1. The monoisotopic (exact) mass is 262 g/mol. The van der Waals surface area contributed by atoms with Gasteiger partial charge in [-0.1, -0.05) is 31.2 Å². The van der Waals surface area contributed by atoms with Gasteiger partial charge in [0, 0.05) is 6.54 Å². The highest BCUT2D eigenvalue weighted by Gasteiger charge is 2.18. The van der Waals surface area contributed by atoms with Crippen molar-refractivity contribution in [3.8, 4) is 0 Å². The van der Waals surface area contributed by atoms with E-state index >= 15 is 0 Å². The van der Waals surface area contributed by atoms with Crippen molar-refractivity contribution in [3.63, 3.8) is 0 Å². The molecule has 1 N–H and O–H groups in total. The highest BCUT2D eigenvalue weighted by atomic mass is 19.1. The Morgan fingerprint density at radius 2 is 2.00 bits per heavy atom. The number of hydrogen-bond donors (Lipinski definition) is 1. The third-order valence-corrected chi connectivity index (χ3v) is 2.99. The Hall–Kier alpha value is -1.75. The molecule has 0 saturated carbocycles. The molecule has 2 rings (SSSR count). The first-order valence-corrected chi connectivity index (χ1v) is 6.63. The maximum atomic E-state index is 13.0. The molecule has 0 aliphatic rings. The number of benzene rings is 1. The number of hydrogen-bond acceptors (Lipinski definition) is 3. The lowest BCUT2D eigenvalue weighted by Crippen LogP contribution is -2.25. The molecule has 0 spiro atoms. The molecule has 102 valence electrons. The normalized spacial score (nSPS) is 12.6. The minimum atomic E-state index is -0.223. The summed E-state index contributed by atoms with van der Waals surface area (Å²) in [5.41, 5.74) is 2.03. The van der Waals surface area contributed by atoms with Crippen LogP contribution in [0.2, 0.25) is 0 Å². The minimum absolute atomic E-state index is 0.00727. The molecule has 1 unspecified atom stereocenters. The van der Waals surface area contributed by atoms with Crippen molar-refractivity contribution in [3.05, 3.63) is 47.5 Å². The second kappa shape index (κ2) is 6.43. The van der Waals surface area contributed by atoms with Crippen molar-refractivity contribution >= 4 is 0 Å². The van der Waals surface area contributed by atoms with Crippen molar-refractivity contribution in [1.29, 1.82) is 0 Å². The number of nitrogens with one attached hydrogen (secondary N) is 1. The first-order valence-electron chi connectivity index (χ1n) is 6.63. The zero-order valence-corrected chi connectivity index (χ0v) is 11.3. The van der Waals surface area contributed by atoms with Gasteiger partial charge in [0.05, 0.1) is 17.9 Å². The summed E-state index contributed by atoms with van der Waals surface area (Å²) in [5, 5.41) is 11.5. The predicted octanol–water partition coefficient (Wildman–Crippen LogP) is 2.53. The molecule has 0 amide bonds. The summed E-state index contributed by atoms with van der Waals surface area (Å²) in [6.45, 7) is 5.80. The molecule has 5 heteroatoms. The van der Waals surface area contributed by atoms with Gasteiger partial charge in [-0.05, 0) is 30.7 Å². The fourth-order valence-corrected chi connectivity index (χ4v) is 2.13. The summed E-state index contributed by atoms with van der Waals surface area (Å²) in [6.07, 6.45) is 2.77. The van der Waals surface area contributed by atoms with Crippen LogP contribution in [-0.2, 0) is 6.54 Å². The summed E-state index contributed by atoms with van der Waals surface area (Å²) in [5.74, 6) is -0.223. The van der Waals surface area contributed by atoms with Crippen molar-refractivity contribution in [2.24, 2.45) is 0 Å². The molecule has 1 aromatic heterocycles. The van der Waals surface area contributed by atoms with Crippen LogP contribution in [0, 0.1) is 5.82 Å². The third kappa shape index (κ3) is 3.17. The van der Waals surface area contributed by atoms with Crippen molar-refractivity contribution in [1.82, 2.24) is 20.3 Å². The molecule has 4 nitrogen and oxygen atoms in total. The summed E-state index contributed by atoms with van der Waals surface area (Å²) in [4.78, 5) is 0. The van der Waals surface area contributed by atoms with Crippen molar-refractivity contribution in [2.45, 2.75) is 32.9 Å². The molecule has 19 heavy (non-hydrogen) atoms. The molecule has 1 aromatic carbocycles. The van der Waals surface area contributed by atoms with Crippen LogP contribution < -0.4 is 5.32 Å². The lowest BCUT2D eigenvalue weighted by molar-refractivity contribution is 0.511. The number of aromatic nitrogens is 3. The largest absolute Gasteiger partial charge is 0.305 e. The Morgan fingerprint density at radius 1 is 1.26 bits per heavy atom. The van der Waals surface area contributed by atoms with Gasteiger partial charge >= 0.3 is 0 Å². The van der Waals surface area contributed by atoms with Gasteiger partial charge in [-0.15, -0.1) is 5.10 Å². The van der Waals surface area contributed by atoms with E-state index in [-0.39, 0.29) is 11.9 Å². The standard InChI is InChI=1S/C14H19FN4/c1-3-9-19-13(10-17-18-19)14(16-4-2)11-5-7-12(15)8-6-11/h5-8,10,14,16H,3-4,9H2,1-2H3. The van der Waals surface area contributed by atoms with Crippen LogP contribution in [0.3, 0.4) is 0 Å². The van der Waals surface area contributed by atoms with Gasteiger partial charge in [-0.25, -0.2) is 9.07 Å². The van der Waals surface area contributed by atoms with Gasteiger partial charge in [0.15, 0.2) is 0 Å². The smallest absolute Gasteiger partial charge is 0.123 e. The van der Waals surface area contributed by atoms with Crippen LogP contribution in [-0.4, -0.2) is 21.5 Å². The number of nitrogens with zero attached hydrogens (tertiary/aromatic N) is 3. The first-order chi connectivity index (χ1) is 9.26. The zero-order chi connectivity index (χ0) is 13.7. The first kappa shape index (κ1) is 13.7. The molecule has 0 bridgehead atoms. The molecule has 0 aliphatic carbocycles. The minimum Gasteiger partial charge on any atom is -0.305 e. The SMILES string of the molecule is CCCn1nncc1C(NCC)c1ccc(F)cc1. The Bertz CT molecular complexity index is 506. The van der Waals surface area contributed by atoms with Gasteiger partial charge in [0.25, 0.3) is 0 Å². The van der Waals surface area contributed by atoms with E-state index in [2.05, 4.69) is 22.6 Å². The molecule has 1 heterocycles. The molecule has 0 fully saturated rings. The Kier molecular flexibility index (Phi) is 4.63. The van der Waals surface area contributed by atoms with Crippen LogP contribution in [0.25, 0.3) is 0 Å². The summed E-state index contributed by atoms with van der Waals surface area (Å²) < 4.78 is 14.9. The van der Waals surface area contributed by atoms with Crippen LogP contribution >= 0.6 is 0 Å². The fourth-order valence-electron chi connectivity index (χ4n) is 2.13. The molecular formula is C14H19FN4. The maximum Gasteiger partial charge on any atom is 0.123 e. The predicted molar refractivity (Wildman–Crippen MR) is 72.2 cm³/mol. The highest BCUT2D eigenvalue weighted by Crippen LogP contribution is 2.21. The van der Waals surface area contributed by atoms with Gasteiger partial charge < -0.3 is 5.32 Å². The lowest BCUT2D eigenvalue weighted by Gasteiger charge is -2.19. The number of rotatable bonds is 6. The molecule has 2 aromatic rings. The average molecular weight is 262 g/mol. The summed E-state index contributed by atoms with van der Waals surface area (Å²) >= 11 is 0. The Morgan fingerprint density at radius 3 is 2.63 bits per heavy atom. The van der Waals surface area contributed by atoms with Gasteiger partial charge in [0.2, 0.25) is 0 Å². The van der Waals surface area contributed by atoms with E-state index in [0.29, 0.717) is 0 Å². The summed E-state index contributed by atoms with van der Waals surface area (Å²) in [7, 11) is 0. The van der Waals surface area contributed by atoms with E-state index in [4.69, 9.17) is 0 Å². The quantitative estimate of drug-likeness (QED) is 0.870. The van der Waals surface area contributed by atoms with E-state index < -0.39 is 0 Å². The van der Waals surface area contributed by atoms with Gasteiger partial charge in [-0.3, -0.25) is 0 Å². The Labute approximate surface area is 112 Å². The highest BCUT2D eigenvalue weighted by molar-refractivity contribution is 5.27. The second-order valence-electron chi connectivity index (χ2n) is 4.42. The average Bonchev–Trinajstić information content (AvgIpc) is 2.86. The molecule has 0 radical (unpaired) electrons. The molecule has 0 saturated heterocycles. The van der Waals surface area contributed by atoms with Gasteiger partial charge in [-0.2, -0.15) is 0 Å². The van der Waals surface area contributed by atoms with E-state index in [1.807, 2.05) is 11.6 Å². The Balaban J connectivity index is 2.33. The van der Waals surface area contributed by atoms with Crippen LogP contribution in [0.4, 0.5) is 4.39 Å². The van der Waals surface area contributed by atoms with Crippen LogP contribution in [0.15, 0.2) is 30.5 Å². The number of halogens is 1. The van der Waals surface area contributed by atoms with E-state index in [9.17, 15) is 4.39 Å². The van der Waals surface area contributed by atoms with E-state index in [1.54, 1.807) is 18.3 Å². The third-order valence-electron chi connectivity index (χ3n) is 2.99. The molecule has 0 aliphatic heterocycles. The lowest BCUT2D eigenvalue weighted by atomic mass is 10.0. The maximum absolute atomic E-state index is 13.0. The molecule has 1 atom stereocenters. The summed E-state index contributed by atoms with van der Waals surface area (Å²) in [6, 6.07) is 6.55.